The summed E-state index contributed by atoms with van der Waals surface area (Å²) in [6.07, 6.45) is 1.71. The molecule has 0 fully saturated rings. The highest BCUT2D eigenvalue weighted by molar-refractivity contribution is 5.35. The van der Waals surface area contributed by atoms with Gasteiger partial charge in [0.05, 0.1) is 13.7 Å². The summed E-state index contributed by atoms with van der Waals surface area (Å²) in [5, 5.41) is 8.99. The summed E-state index contributed by atoms with van der Waals surface area (Å²) in [6, 6.07) is 11.2. The van der Waals surface area contributed by atoms with Gasteiger partial charge in [-0.25, -0.2) is 0 Å². The predicted octanol–water partition coefficient (Wildman–Crippen LogP) is 2.09. The van der Waals surface area contributed by atoms with Crippen molar-refractivity contribution in [1.82, 2.24) is 4.57 Å². The van der Waals surface area contributed by atoms with E-state index >= 15 is 0 Å². The van der Waals surface area contributed by atoms with Crippen molar-refractivity contribution in [3.8, 4) is 11.8 Å². The van der Waals surface area contributed by atoms with Crippen molar-refractivity contribution in [1.29, 1.82) is 5.26 Å². The highest BCUT2D eigenvalue weighted by Crippen LogP contribution is 2.13. The van der Waals surface area contributed by atoms with E-state index in [1.807, 2.05) is 30.3 Å². The lowest BCUT2D eigenvalue weighted by Gasteiger charge is -2.08. The van der Waals surface area contributed by atoms with Crippen LogP contribution < -0.4 is 10.3 Å². The quantitative estimate of drug-likeness (QED) is 0.842. The van der Waals surface area contributed by atoms with Crippen LogP contribution >= 0.6 is 0 Å². The minimum atomic E-state index is -0.259. The van der Waals surface area contributed by atoms with Gasteiger partial charge >= 0.3 is 0 Å². The first-order chi connectivity index (χ1) is 9.15. The van der Waals surface area contributed by atoms with Gasteiger partial charge in [0.1, 0.15) is 17.4 Å². The van der Waals surface area contributed by atoms with Crippen molar-refractivity contribution in [3.05, 3.63) is 63.6 Å². The number of hydrogen-bond donors (Lipinski definition) is 0. The molecule has 1 heterocycles. The van der Waals surface area contributed by atoms with Crippen LogP contribution in [0.15, 0.2) is 41.3 Å². The lowest BCUT2D eigenvalue weighted by atomic mass is 10.1. The van der Waals surface area contributed by atoms with Crippen LogP contribution in [0.2, 0.25) is 0 Å². The van der Waals surface area contributed by atoms with Crippen molar-refractivity contribution in [2.75, 3.05) is 7.11 Å². The number of nitriles is 1. The molecule has 2 rings (SSSR count). The predicted molar refractivity (Wildman–Crippen MR) is 72.3 cm³/mol. The fourth-order valence-corrected chi connectivity index (χ4v) is 1.89. The van der Waals surface area contributed by atoms with Crippen LogP contribution in [0.4, 0.5) is 0 Å². The molecular formula is C15H14N2O2. The molecule has 19 heavy (non-hydrogen) atoms. The first-order valence-electron chi connectivity index (χ1n) is 5.89. The van der Waals surface area contributed by atoms with Gasteiger partial charge in [-0.05, 0) is 36.2 Å². The van der Waals surface area contributed by atoms with E-state index in [2.05, 4.69) is 0 Å². The van der Waals surface area contributed by atoms with E-state index < -0.39 is 0 Å². The molecule has 0 aliphatic carbocycles. The first kappa shape index (κ1) is 12.9. The molecule has 4 heteroatoms. The minimum Gasteiger partial charge on any atom is -0.497 e. The van der Waals surface area contributed by atoms with Crippen molar-refractivity contribution in [3.63, 3.8) is 0 Å². The lowest BCUT2D eigenvalue weighted by Crippen LogP contribution is -2.23. The number of nitrogens with zero attached hydrogens (tertiary/aromatic N) is 2. The molecular weight excluding hydrogens is 240 g/mol. The van der Waals surface area contributed by atoms with E-state index in [4.69, 9.17) is 10.00 Å². The minimum absolute atomic E-state index is 0.199. The van der Waals surface area contributed by atoms with Gasteiger partial charge in [-0.3, -0.25) is 4.79 Å². The molecule has 1 aromatic carbocycles. The van der Waals surface area contributed by atoms with Gasteiger partial charge in [0.15, 0.2) is 0 Å². The van der Waals surface area contributed by atoms with Gasteiger partial charge < -0.3 is 9.30 Å². The zero-order valence-electron chi connectivity index (χ0n) is 10.9. The largest absolute Gasteiger partial charge is 0.497 e. The molecule has 0 atom stereocenters. The average molecular weight is 254 g/mol. The maximum atomic E-state index is 12.1. The second-order valence-corrected chi connectivity index (χ2v) is 4.27. The van der Waals surface area contributed by atoms with Crippen LogP contribution in [0, 0.1) is 18.3 Å². The number of hydrogen-bond acceptors (Lipinski definition) is 3. The summed E-state index contributed by atoms with van der Waals surface area (Å²) >= 11 is 0. The maximum Gasteiger partial charge on any atom is 0.269 e. The number of aromatic nitrogens is 1. The molecule has 0 amide bonds. The van der Waals surface area contributed by atoms with Crippen molar-refractivity contribution in [2.45, 2.75) is 13.5 Å². The highest BCUT2D eigenvalue weighted by Gasteiger charge is 2.07. The smallest absolute Gasteiger partial charge is 0.269 e. The van der Waals surface area contributed by atoms with E-state index in [0.717, 1.165) is 11.3 Å². The van der Waals surface area contributed by atoms with Crippen LogP contribution in [0.3, 0.4) is 0 Å². The molecule has 0 aliphatic rings. The van der Waals surface area contributed by atoms with Crippen molar-refractivity contribution < 1.29 is 4.74 Å². The third kappa shape index (κ3) is 2.66. The molecule has 1 aromatic heterocycles. The summed E-state index contributed by atoms with van der Waals surface area (Å²) in [6.45, 7) is 2.18. The van der Waals surface area contributed by atoms with E-state index in [1.54, 1.807) is 26.3 Å². The Hall–Kier alpha value is -2.54. The van der Waals surface area contributed by atoms with Gasteiger partial charge in [-0.2, -0.15) is 5.26 Å². The van der Waals surface area contributed by atoms with Crippen molar-refractivity contribution >= 4 is 0 Å². The number of pyridine rings is 1. The van der Waals surface area contributed by atoms with Gasteiger partial charge in [-0.1, -0.05) is 12.1 Å². The van der Waals surface area contributed by atoms with E-state index in [9.17, 15) is 4.79 Å². The molecule has 0 saturated carbocycles. The Morgan fingerprint density at radius 1 is 1.37 bits per heavy atom. The maximum absolute atomic E-state index is 12.1. The van der Waals surface area contributed by atoms with Crippen LogP contribution in [0.5, 0.6) is 5.75 Å². The molecule has 0 radical (unpaired) electrons. The zero-order chi connectivity index (χ0) is 13.8. The number of rotatable bonds is 3. The monoisotopic (exact) mass is 254 g/mol. The number of aryl methyl sites for hydroxylation is 1. The summed E-state index contributed by atoms with van der Waals surface area (Å²) in [5.41, 5.74) is 1.60. The highest BCUT2D eigenvalue weighted by atomic mass is 16.5. The molecule has 4 nitrogen and oxygen atoms in total. The molecule has 0 aliphatic heterocycles. The number of ether oxygens (including phenoxy) is 1. The van der Waals surface area contributed by atoms with E-state index in [1.165, 1.54) is 4.57 Å². The second kappa shape index (κ2) is 5.40. The third-order valence-corrected chi connectivity index (χ3v) is 2.97. The molecule has 0 N–H and O–H groups in total. The standard InChI is InChI=1S/C15H14N2O2/c1-11-6-7-17(15(18)14(11)9-16)10-12-4-3-5-13(8-12)19-2/h3-8H,10H2,1-2H3. The molecule has 96 valence electrons. The summed E-state index contributed by atoms with van der Waals surface area (Å²) in [4.78, 5) is 12.1. The summed E-state index contributed by atoms with van der Waals surface area (Å²) in [7, 11) is 1.60. The Morgan fingerprint density at radius 3 is 2.84 bits per heavy atom. The van der Waals surface area contributed by atoms with E-state index in [0.29, 0.717) is 12.1 Å². The lowest BCUT2D eigenvalue weighted by molar-refractivity contribution is 0.414. The Morgan fingerprint density at radius 2 is 2.16 bits per heavy atom. The summed E-state index contributed by atoms with van der Waals surface area (Å²) < 4.78 is 6.68. The molecule has 0 bridgehead atoms. The Kier molecular flexibility index (Phi) is 3.67. The molecule has 0 unspecified atom stereocenters. The molecule has 2 aromatic rings. The summed E-state index contributed by atoms with van der Waals surface area (Å²) in [5.74, 6) is 0.748. The van der Waals surface area contributed by atoms with Crippen LogP contribution in [0.25, 0.3) is 0 Å². The number of methoxy groups -OCH3 is 1. The molecule has 0 spiro atoms. The third-order valence-electron chi connectivity index (χ3n) is 2.97. The zero-order valence-corrected chi connectivity index (χ0v) is 10.9. The normalized spacial score (nSPS) is 9.95. The van der Waals surface area contributed by atoms with Gasteiger partial charge in [-0.15, -0.1) is 0 Å². The van der Waals surface area contributed by atoms with Gasteiger partial charge in [0, 0.05) is 6.20 Å². The van der Waals surface area contributed by atoms with Gasteiger partial charge in [0.2, 0.25) is 0 Å². The SMILES string of the molecule is COc1cccc(Cn2ccc(C)c(C#N)c2=O)c1. The second-order valence-electron chi connectivity index (χ2n) is 4.27. The first-order valence-corrected chi connectivity index (χ1v) is 5.89. The van der Waals surface area contributed by atoms with Crippen LogP contribution in [0.1, 0.15) is 16.7 Å². The van der Waals surface area contributed by atoms with Crippen LogP contribution in [-0.2, 0) is 6.54 Å². The van der Waals surface area contributed by atoms with Crippen LogP contribution in [-0.4, -0.2) is 11.7 Å². The van der Waals surface area contributed by atoms with Gasteiger partial charge in [0.25, 0.3) is 5.56 Å². The fraction of sp³-hybridized carbons (Fsp3) is 0.200. The Bertz CT molecular complexity index is 696. The fourth-order valence-electron chi connectivity index (χ4n) is 1.89. The van der Waals surface area contributed by atoms with E-state index in [-0.39, 0.29) is 11.1 Å². The molecule has 0 saturated heterocycles. The number of benzene rings is 1. The average Bonchev–Trinajstić information content (AvgIpc) is 2.43. The Balaban J connectivity index is 2.39. The topological polar surface area (TPSA) is 55.0 Å². The van der Waals surface area contributed by atoms with Crippen molar-refractivity contribution in [2.24, 2.45) is 0 Å². The Labute approximate surface area is 111 Å².